The Morgan fingerprint density at radius 1 is 1.55 bits per heavy atom. The lowest BCUT2D eigenvalue weighted by molar-refractivity contribution is -0.110. The summed E-state index contributed by atoms with van der Waals surface area (Å²) in [4.78, 5) is 21.3. The maximum Gasteiger partial charge on any atom is 0.251 e. The van der Waals surface area contributed by atoms with Crippen molar-refractivity contribution in [3.63, 3.8) is 0 Å². The Morgan fingerprint density at radius 3 is 2.82 bits per heavy atom. The molecule has 1 rings (SSSR count). The first-order valence-corrected chi connectivity index (χ1v) is 3.38. The van der Waals surface area contributed by atoms with Crippen molar-refractivity contribution in [2.75, 3.05) is 0 Å². The molecule has 0 fully saturated rings. The van der Waals surface area contributed by atoms with Gasteiger partial charge in [0, 0.05) is 12.3 Å². The van der Waals surface area contributed by atoms with E-state index in [1.54, 1.807) is 25.3 Å². The van der Waals surface area contributed by atoms with E-state index in [2.05, 4.69) is 0 Å². The molecule has 3 heteroatoms. The molecule has 0 saturated heterocycles. The van der Waals surface area contributed by atoms with Crippen LogP contribution in [0.1, 0.15) is 13.0 Å². The highest BCUT2D eigenvalue weighted by Crippen LogP contribution is 1.94. The molecule has 58 valence electrons. The maximum absolute atomic E-state index is 11.0. The SMILES string of the molecule is CC(C=O)n1ccccc1=O. The number of aromatic nitrogens is 1. The predicted octanol–water partition coefficient (Wildman–Crippen LogP) is 0.608. The van der Waals surface area contributed by atoms with Gasteiger partial charge in [0.1, 0.15) is 6.29 Å². The summed E-state index contributed by atoms with van der Waals surface area (Å²) in [6.45, 7) is 1.68. The molecule has 11 heavy (non-hydrogen) atoms. The van der Waals surface area contributed by atoms with Crippen molar-refractivity contribution in [1.82, 2.24) is 4.57 Å². The van der Waals surface area contributed by atoms with Gasteiger partial charge in [-0.2, -0.15) is 0 Å². The molecular formula is C8H9NO2. The van der Waals surface area contributed by atoms with Crippen LogP contribution in [0.2, 0.25) is 0 Å². The molecule has 0 aromatic carbocycles. The van der Waals surface area contributed by atoms with Crippen molar-refractivity contribution >= 4 is 6.29 Å². The molecule has 0 radical (unpaired) electrons. The van der Waals surface area contributed by atoms with E-state index in [1.165, 1.54) is 10.6 Å². The average molecular weight is 151 g/mol. The lowest BCUT2D eigenvalue weighted by Crippen LogP contribution is -2.21. The number of rotatable bonds is 2. The van der Waals surface area contributed by atoms with Crippen LogP contribution in [0.15, 0.2) is 29.2 Å². The highest BCUT2D eigenvalue weighted by Gasteiger charge is 2.01. The van der Waals surface area contributed by atoms with Crippen molar-refractivity contribution < 1.29 is 4.79 Å². The van der Waals surface area contributed by atoms with Gasteiger partial charge in [-0.05, 0) is 13.0 Å². The van der Waals surface area contributed by atoms with Gasteiger partial charge < -0.3 is 9.36 Å². The Kier molecular flexibility index (Phi) is 2.21. The lowest BCUT2D eigenvalue weighted by atomic mass is 10.3. The van der Waals surface area contributed by atoms with Crippen LogP contribution < -0.4 is 5.56 Å². The van der Waals surface area contributed by atoms with Crippen molar-refractivity contribution in [2.24, 2.45) is 0 Å². The van der Waals surface area contributed by atoms with Gasteiger partial charge in [0.25, 0.3) is 5.56 Å². The molecule has 0 aliphatic heterocycles. The first kappa shape index (κ1) is 7.72. The molecule has 0 amide bonds. The number of pyridine rings is 1. The summed E-state index contributed by atoms with van der Waals surface area (Å²) in [5, 5.41) is 0. The van der Waals surface area contributed by atoms with Gasteiger partial charge in [0.15, 0.2) is 0 Å². The summed E-state index contributed by atoms with van der Waals surface area (Å²) in [5.41, 5.74) is -0.146. The van der Waals surface area contributed by atoms with Gasteiger partial charge in [-0.15, -0.1) is 0 Å². The minimum atomic E-state index is -0.372. The van der Waals surface area contributed by atoms with Crippen LogP contribution in [-0.2, 0) is 4.79 Å². The van der Waals surface area contributed by atoms with Gasteiger partial charge in [-0.3, -0.25) is 4.79 Å². The topological polar surface area (TPSA) is 39.1 Å². The fourth-order valence-electron chi connectivity index (χ4n) is 0.842. The third-order valence-electron chi connectivity index (χ3n) is 1.49. The van der Waals surface area contributed by atoms with Crippen LogP contribution >= 0.6 is 0 Å². The van der Waals surface area contributed by atoms with Crippen LogP contribution in [0.25, 0.3) is 0 Å². The molecule has 1 aromatic heterocycles. The molecule has 0 saturated carbocycles. The molecule has 1 heterocycles. The molecule has 0 bridgehead atoms. The van der Waals surface area contributed by atoms with Crippen molar-refractivity contribution in [2.45, 2.75) is 13.0 Å². The van der Waals surface area contributed by atoms with E-state index in [-0.39, 0.29) is 11.6 Å². The molecule has 1 unspecified atom stereocenters. The number of hydrogen-bond acceptors (Lipinski definition) is 2. The smallest absolute Gasteiger partial charge is 0.251 e. The molecule has 0 spiro atoms. The summed E-state index contributed by atoms with van der Waals surface area (Å²) >= 11 is 0. The van der Waals surface area contributed by atoms with E-state index < -0.39 is 0 Å². The Balaban J connectivity index is 3.13. The summed E-state index contributed by atoms with van der Waals surface area (Å²) in [6.07, 6.45) is 2.34. The number of aldehydes is 1. The van der Waals surface area contributed by atoms with Crippen LogP contribution in [0.3, 0.4) is 0 Å². The van der Waals surface area contributed by atoms with Gasteiger partial charge in [-0.25, -0.2) is 0 Å². The quantitative estimate of drug-likeness (QED) is 0.581. The van der Waals surface area contributed by atoms with Crippen molar-refractivity contribution in [3.05, 3.63) is 34.7 Å². The molecule has 0 aliphatic carbocycles. The highest BCUT2D eigenvalue weighted by molar-refractivity contribution is 5.54. The third kappa shape index (κ3) is 1.55. The third-order valence-corrected chi connectivity index (χ3v) is 1.49. The van der Waals surface area contributed by atoms with E-state index in [0.29, 0.717) is 0 Å². The van der Waals surface area contributed by atoms with Gasteiger partial charge in [0.2, 0.25) is 0 Å². The molecule has 1 atom stereocenters. The number of hydrogen-bond donors (Lipinski definition) is 0. The van der Waals surface area contributed by atoms with Gasteiger partial charge in [0.05, 0.1) is 6.04 Å². The van der Waals surface area contributed by atoms with Gasteiger partial charge >= 0.3 is 0 Å². The largest absolute Gasteiger partial charge is 0.306 e. The summed E-state index contributed by atoms with van der Waals surface area (Å²) in [5.74, 6) is 0. The zero-order chi connectivity index (χ0) is 8.27. The Bertz CT molecular complexity index is 303. The Morgan fingerprint density at radius 2 is 2.27 bits per heavy atom. The first-order valence-electron chi connectivity index (χ1n) is 3.38. The fourth-order valence-corrected chi connectivity index (χ4v) is 0.842. The maximum atomic E-state index is 11.0. The Labute approximate surface area is 64.3 Å². The van der Waals surface area contributed by atoms with E-state index in [1.807, 2.05) is 0 Å². The second-order valence-corrected chi connectivity index (χ2v) is 2.32. The van der Waals surface area contributed by atoms with E-state index >= 15 is 0 Å². The van der Waals surface area contributed by atoms with Crippen LogP contribution in [-0.4, -0.2) is 10.9 Å². The van der Waals surface area contributed by atoms with E-state index in [9.17, 15) is 9.59 Å². The minimum Gasteiger partial charge on any atom is -0.306 e. The minimum absolute atomic E-state index is 0.146. The average Bonchev–Trinajstić information content (AvgIpc) is 2.04. The molecule has 0 aliphatic rings. The van der Waals surface area contributed by atoms with E-state index in [4.69, 9.17) is 0 Å². The zero-order valence-corrected chi connectivity index (χ0v) is 6.23. The molecule has 1 aromatic rings. The van der Waals surface area contributed by atoms with Crippen molar-refractivity contribution in [3.8, 4) is 0 Å². The summed E-state index contributed by atoms with van der Waals surface area (Å²) < 4.78 is 1.38. The molecular weight excluding hydrogens is 142 g/mol. The standard InChI is InChI=1S/C8H9NO2/c1-7(6-10)9-5-3-2-4-8(9)11/h2-7H,1H3. The Hall–Kier alpha value is -1.38. The summed E-state index contributed by atoms with van der Waals surface area (Å²) in [7, 11) is 0. The van der Waals surface area contributed by atoms with Crippen LogP contribution in [0.4, 0.5) is 0 Å². The van der Waals surface area contributed by atoms with Crippen LogP contribution in [0, 0.1) is 0 Å². The summed E-state index contributed by atoms with van der Waals surface area (Å²) in [6, 6.07) is 4.43. The normalized spacial score (nSPS) is 12.5. The zero-order valence-electron chi connectivity index (χ0n) is 6.23. The van der Waals surface area contributed by atoms with Crippen molar-refractivity contribution in [1.29, 1.82) is 0 Å². The lowest BCUT2D eigenvalue weighted by Gasteiger charge is -2.05. The molecule has 0 N–H and O–H groups in total. The number of carbonyl (C=O) groups excluding carboxylic acids is 1. The highest BCUT2D eigenvalue weighted by atomic mass is 16.1. The number of nitrogens with zero attached hydrogens (tertiary/aromatic N) is 1. The predicted molar refractivity (Wildman–Crippen MR) is 41.5 cm³/mol. The second kappa shape index (κ2) is 3.14. The molecule has 3 nitrogen and oxygen atoms in total. The first-order chi connectivity index (χ1) is 5.25. The monoisotopic (exact) mass is 151 g/mol. The second-order valence-electron chi connectivity index (χ2n) is 2.32. The van der Waals surface area contributed by atoms with Gasteiger partial charge in [-0.1, -0.05) is 6.07 Å². The van der Waals surface area contributed by atoms with E-state index in [0.717, 1.165) is 6.29 Å². The fraction of sp³-hybridized carbons (Fsp3) is 0.250. The van der Waals surface area contributed by atoms with Crippen LogP contribution in [0.5, 0.6) is 0 Å². The number of carbonyl (C=O) groups is 1.